The highest BCUT2D eigenvalue weighted by Gasteiger charge is 2.26. The summed E-state index contributed by atoms with van der Waals surface area (Å²) in [6, 6.07) is 17.2. The second kappa shape index (κ2) is 5.59. The zero-order valence-electron chi connectivity index (χ0n) is 14.3. The van der Waals surface area contributed by atoms with E-state index in [0.717, 1.165) is 41.9 Å². The number of fused-ring (bicyclic) bond motifs is 3. The van der Waals surface area contributed by atoms with Gasteiger partial charge in [0.25, 0.3) is 0 Å². The molecule has 0 spiro atoms. The summed E-state index contributed by atoms with van der Waals surface area (Å²) in [6.07, 6.45) is 4.97. The van der Waals surface area contributed by atoms with Crippen LogP contribution in [0.2, 0.25) is 0 Å². The number of aryl methyl sites for hydroxylation is 1. The highest BCUT2D eigenvalue weighted by molar-refractivity contribution is 5.84. The van der Waals surface area contributed by atoms with E-state index in [-0.39, 0.29) is 0 Å². The van der Waals surface area contributed by atoms with Gasteiger partial charge in [-0.2, -0.15) is 0 Å². The van der Waals surface area contributed by atoms with Gasteiger partial charge >= 0.3 is 0 Å². The summed E-state index contributed by atoms with van der Waals surface area (Å²) >= 11 is 0. The summed E-state index contributed by atoms with van der Waals surface area (Å²) in [5.74, 6) is 1.61. The predicted octanol–water partition coefficient (Wildman–Crippen LogP) is 4.18. The van der Waals surface area contributed by atoms with E-state index in [4.69, 9.17) is 4.98 Å². The Balaban J connectivity index is 1.55. The lowest BCUT2D eigenvalue weighted by atomic mass is 9.98. The van der Waals surface area contributed by atoms with E-state index in [9.17, 15) is 0 Å². The quantitative estimate of drug-likeness (QED) is 0.553. The molecule has 2 aromatic carbocycles. The Morgan fingerprint density at radius 3 is 2.72 bits per heavy atom. The first kappa shape index (κ1) is 14.5. The average molecular weight is 328 g/mol. The van der Waals surface area contributed by atoms with Gasteiger partial charge in [0, 0.05) is 19.0 Å². The summed E-state index contributed by atoms with van der Waals surface area (Å²) < 4.78 is 2.15. The number of anilines is 1. The van der Waals surface area contributed by atoms with Crippen LogP contribution in [0.4, 0.5) is 5.82 Å². The van der Waals surface area contributed by atoms with Crippen molar-refractivity contribution in [2.75, 3.05) is 18.0 Å². The number of para-hydroxylation sites is 2. The zero-order valence-corrected chi connectivity index (χ0v) is 14.3. The number of nitrogens with zero attached hydrogens (tertiary/aromatic N) is 4. The normalized spacial score (nSPS) is 17.6. The van der Waals surface area contributed by atoms with Gasteiger partial charge in [0.05, 0.1) is 23.6 Å². The van der Waals surface area contributed by atoms with Gasteiger partial charge in [0.1, 0.15) is 5.52 Å². The van der Waals surface area contributed by atoms with Crippen LogP contribution in [0.15, 0.2) is 61.1 Å². The number of hydrogen-bond acceptors (Lipinski definition) is 3. The molecule has 1 atom stereocenters. The fourth-order valence-corrected chi connectivity index (χ4v) is 3.88. The molecule has 1 saturated heterocycles. The lowest BCUT2D eigenvalue weighted by Crippen LogP contribution is -2.21. The van der Waals surface area contributed by atoms with Crippen molar-refractivity contribution < 1.29 is 0 Å². The molecule has 4 nitrogen and oxygen atoms in total. The molecule has 0 aliphatic carbocycles. The minimum Gasteiger partial charge on any atom is -0.354 e. The monoisotopic (exact) mass is 328 g/mol. The van der Waals surface area contributed by atoms with Crippen molar-refractivity contribution in [3.05, 3.63) is 72.2 Å². The summed E-state index contributed by atoms with van der Waals surface area (Å²) in [7, 11) is 0. The van der Waals surface area contributed by atoms with Gasteiger partial charge in [-0.15, -0.1) is 0 Å². The molecular formula is C21H20N4. The Labute approximate surface area is 146 Å². The first-order chi connectivity index (χ1) is 12.3. The van der Waals surface area contributed by atoms with Crippen LogP contribution in [-0.4, -0.2) is 27.5 Å². The van der Waals surface area contributed by atoms with Crippen LogP contribution in [0.1, 0.15) is 23.5 Å². The van der Waals surface area contributed by atoms with E-state index in [1.807, 2.05) is 24.7 Å². The third-order valence-corrected chi connectivity index (χ3v) is 5.27. The van der Waals surface area contributed by atoms with Crippen LogP contribution in [0, 0.1) is 6.92 Å². The van der Waals surface area contributed by atoms with Gasteiger partial charge in [-0.1, -0.05) is 42.0 Å². The third-order valence-electron chi connectivity index (χ3n) is 5.27. The molecule has 0 saturated carbocycles. The van der Waals surface area contributed by atoms with Crippen LogP contribution in [0.25, 0.3) is 16.6 Å². The number of rotatable bonds is 2. The molecule has 124 valence electrons. The van der Waals surface area contributed by atoms with E-state index in [2.05, 4.69) is 57.6 Å². The van der Waals surface area contributed by atoms with Gasteiger partial charge < -0.3 is 4.90 Å². The Hall–Kier alpha value is -2.88. The number of aromatic nitrogens is 3. The molecule has 2 aromatic heterocycles. The minimum absolute atomic E-state index is 0.567. The fraction of sp³-hybridized carbons (Fsp3) is 0.238. The lowest BCUT2D eigenvalue weighted by Gasteiger charge is -2.19. The van der Waals surface area contributed by atoms with E-state index >= 15 is 0 Å². The molecule has 0 N–H and O–H groups in total. The van der Waals surface area contributed by atoms with Crippen molar-refractivity contribution in [3.8, 4) is 0 Å². The molecule has 1 aliphatic rings. The van der Waals surface area contributed by atoms with Crippen LogP contribution >= 0.6 is 0 Å². The van der Waals surface area contributed by atoms with Gasteiger partial charge in [-0.05, 0) is 31.0 Å². The second-order valence-corrected chi connectivity index (χ2v) is 6.92. The first-order valence-electron chi connectivity index (χ1n) is 8.82. The molecule has 1 aliphatic heterocycles. The zero-order chi connectivity index (χ0) is 16.8. The van der Waals surface area contributed by atoms with Crippen LogP contribution in [-0.2, 0) is 0 Å². The molecule has 1 fully saturated rings. The molecular weight excluding hydrogens is 308 g/mol. The Morgan fingerprint density at radius 2 is 1.84 bits per heavy atom. The van der Waals surface area contributed by atoms with Crippen molar-refractivity contribution in [2.45, 2.75) is 19.3 Å². The van der Waals surface area contributed by atoms with E-state index < -0.39 is 0 Å². The molecule has 0 radical (unpaired) electrons. The van der Waals surface area contributed by atoms with Crippen molar-refractivity contribution in [1.29, 1.82) is 0 Å². The van der Waals surface area contributed by atoms with Crippen molar-refractivity contribution in [3.63, 3.8) is 0 Å². The topological polar surface area (TPSA) is 33.4 Å². The Kier molecular flexibility index (Phi) is 3.23. The molecule has 4 heteroatoms. The molecule has 25 heavy (non-hydrogen) atoms. The molecule has 0 amide bonds. The molecule has 5 rings (SSSR count). The average Bonchev–Trinajstić information content (AvgIpc) is 3.32. The van der Waals surface area contributed by atoms with Crippen molar-refractivity contribution in [1.82, 2.24) is 14.4 Å². The summed E-state index contributed by atoms with van der Waals surface area (Å²) in [5, 5.41) is 0. The van der Waals surface area contributed by atoms with Gasteiger partial charge in [-0.3, -0.25) is 4.40 Å². The minimum atomic E-state index is 0.567. The highest BCUT2D eigenvalue weighted by atomic mass is 15.2. The molecule has 3 heterocycles. The Morgan fingerprint density at radius 1 is 1.00 bits per heavy atom. The van der Waals surface area contributed by atoms with Crippen LogP contribution in [0.5, 0.6) is 0 Å². The van der Waals surface area contributed by atoms with Crippen LogP contribution < -0.4 is 4.90 Å². The lowest BCUT2D eigenvalue weighted by molar-refractivity contribution is 0.774. The van der Waals surface area contributed by atoms with E-state index in [0.29, 0.717) is 5.92 Å². The number of benzene rings is 2. The summed E-state index contributed by atoms with van der Waals surface area (Å²) in [5.41, 5.74) is 5.95. The van der Waals surface area contributed by atoms with Gasteiger partial charge in [0.15, 0.2) is 5.82 Å². The third kappa shape index (κ3) is 2.37. The number of imidazole rings is 1. The molecule has 0 bridgehead atoms. The largest absolute Gasteiger partial charge is 0.354 e. The Bertz CT molecular complexity index is 1050. The second-order valence-electron chi connectivity index (χ2n) is 6.92. The van der Waals surface area contributed by atoms with Crippen molar-refractivity contribution >= 4 is 22.4 Å². The first-order valence-corrected chi connectivity index (χ1v) is 8.82. The molecule has 4 aromatic rings. The predicted molar refractivity (Wildman–Crippen MR) is 101 cm³/mol. The maximum atomic E-state index is 4.96. The SMILES string of the molecule is Cc1ccc(C2CCN(c3nc4ccccc4n4cncc34)C2)cc1. The number of hydrogen-bond donors (Lipinski definition) is 0. The standard InChI is InChI=1S/C21H20N4/c1-15-6-8-16(9-7-15)17-10-11-24(13-17)21-20-12-22-14-25(20)19-5-3-2-4-18(19)23-21/h2-9,12,14,17H,10-11,13H2,1H3. The summed E-state index contributed by atoms with van der Waals surface area (Å²) in [6.45, 7) is 4.18. The fourth-order valence-electron chi connectivity index (χ4n) is 3.88. The maximum absolute atomic E-state index is 4.96. The summed E-state index contributed by atoms with van der Waals surface area (Å²) in [4.78, 5) is 11.7. The maximum Gasteiger partial charge on any atom is 0.155 e. The van der Waals surface area contributed by atoms with E-state index in [1.165, 1.54) is 11.1 Å². The van der Waals surface area contributed by atoms with Gasteiger partial charge in [-0.25, -0.2) is 9.97 Å². The highest BCUT2D eigenvalue weighted by Crippen LogP contribution is 2.33. The molecule has 1 unspecified atom stereocenters. The van der Waals surface area contributed by atoms with E-state index in [1.54, 1.807) is 0 Å². The smallest absolute Gasteiger partial charge is 0.155 e. The van der Waals surface area contributed by atoms with Crippen molar-refractivity contribution in [2.24, 2.45) is 0 Å². The van der Waals surface area contributed by atoms with Gasteiger partial charge in [0.2, 0.25) is 0 Å². The van der Waals surface area contributed by atoms with Crippen LogP contribution in [0.3, 0.4) is 0 Å².